The maximum absolute atomic E-state index is 9.11. The normalized spacial score (nSPS) is 12.2. The van der Waals surface area contributed by atoms with Gasteiger partial charge in [0.15, 0.2) is 0 Å². The molecule has 1 heterocycles. The van der Waals surface area contributed by atoms with Gasteiger partial charge in [-0.15, -0.1) is 0 Å². The number of aliphatic hydroxyl groups is 1. The van der Waals surface area contributed by atoms with Crippen LogP contribution in [-0.2, 0) is 18.0 Å². The smallest absolute Gasteiger partial charge is 0.133 e. The number of para-hydroxylation sites is 1. The Balaban J connectivity index is 2.02. The molecule has 0 atom stereocenters. The third-order valence-electron chi connectivity index (χ3n) is 3.05. The largest absolute Gasteiger partial charge is 0.388 e. The highest BCUT2D eigenvalue weighted by Crippen LogP contribution is 2.18. The average Bonchev–Trinajstić information content (AvgIpc) is 2.77. The number of hydrogen-bond acceptors (Lipinski definition) is 3. The minimum absolute atomic E-state index is 0.0649. The number of nitrogens with one attached hydrogen (secondary N) is 1. The Hall–Kier alpha value is -1.17. The first-order valence-corrected chi connectivity index (χ1v) is 10.4. The number of nitrogens with zero attached hydrogens (tertiary/aromatic N) is 1. The highest BCUT2D eigenvalue weighted by molar-refractivity contribution is 6.76. The van der Waals surface area contributed by atoms with E-state index in [1.165, 1.54) is 6.04 Å². The predicted molar refractivity (Wildman–Crippen MR) is 79.8 cm³/mol. The number of aromatic amines is 1. The van der Waals surface area contributed by atoms with E-state index < -0.39 is 8.07 Å². The summed E-state index contributed by atoms with van der Waals surface area (Å²) in [6.07, 6.45) is 0. The highest BCUT2D eigenvalue weighted by atomic mass is 28.3. The van der Waals surface area contributed by atoms with Crippen molar-refractivity contribution < 1.29 is 9.84 Å². The lowest BCUT2D eigenvalue weighted by Crippen LogP contribution is -2.21. The van der Waals surface area contributed by atoms with Crippen LogP contribution in [-0.4, -0.2) is 29.8 Å². The zero-order chi connectivity index (χ0) is 13.9. The van der Waals surface area contributed by atoms with Crippen molar-refractivity contribution in [2.24, 2.45) is 0 Å². The summed E-state index contributed by atoms with van der Waals surface area (Å²) < 4.78 is 5.77. The van der Waals surface area contributed by atoms with E-state index in [0.29, 0.717) is 12.4 Å². The van der Waals surface area contributed by atoms with Gasteiger partial charge in [0, 0.05) is 20.2 Å². The van der Waals surface area contributed by atoms with E-state index in [1.807, 2.05) is 18.2 Å². The van der Waals surface area contributed by atoms with E-state index in [4.69, 9.17) is 9.84 Å². The fraction of sp³-hybridized carbons (Fsp3) is 0.500. The SMILES string of the molecule is C[Si](C)(C)CCOCc1cccc2[nH]c(CO)nc12. The van der Waals surface area contributed by atoms with Crippen LogP contribution in [0.1, 0.15) is 11.4 Å². The number of hydrogen-bond donors (Lipinski definition) is 2. The second-order valence-electron chi connectivity index (χ2n) is 6.02. The molecule has 0 radical (unpaired) electrons. The van der Waals surface area contributed by atoms with Gasteiger partial charge in [-0.25, -0.2) is 4.98 Å². The molecule has 0 aliphatic rings. The first kappa shape index (κ1) is 14.2. The monoisotopic (exact) mass is 278 g/mol. The Morgan fingerprint density at radius 2 is 2.11 bits per heavy atom. The molecule has 4 nitrogen and oxygen atoms in total. The summed E-state index contributed by atoms with van der Waals surface area (Å²) in [5.41, 5.74) is 2.93. The fourth-order valence-electron chi connectivity index (χ4n) is 1.89. The third-order valence-corrected chi connectivity index (χ3v) is 4.75. The summed E-state index contributed by atoms with van der Waals surface area (Å²) in [6.45, 7) is 8.36. The molecule has 0 aliphatic heterocycles. The van der Waals surface area contributed by atoms with Gasteiger partial charge in [0.1, 0.15) is 12.4 Å². The predicted octanol–water partition coefficient (Wildman–Crippen LogP) is 2.91. The molecule has 0 fully saturated rings. The first-order valence-electron chi connectivity index (χ1n) is 6.65. The standard InChI is InChI=1S/C14H22N2O2Si/c1-19(2,3)8-7-18-10-11-5-4-6-12-14(11)16-13(9-17)15-12/h4-6,17H,7-10H2,1-3H3,(H,15,16). The van der Waals surface area contributed by atoms with Gasteiger partial charge >= 0.3 is 0 Å². The van der Waals surface area contributed by atoms with Crippen LogP contribution in [0.5, 0.6) is 0 Å². The lowest BCUT2D eigenvalue weighted by Gasteiger charge is -2.15. The van der Waals surface area contributed by atoms with Crippen molar-refractivity contribution in [1.29, 1.82) is 0 Å². The number of rotatable bonds is 6. The summed E-state index contributed by atoms with van der Waals surface area (Å²) in [7, 11) is -1.03. The molecule has 1 aromatic carbocycles. The average molecular weight is 278 g/mol. The van der Waals surface area contributed by atoms with Gasteiger partial charge in [0.25, 0.3) is 0 Å². The van der Waals surface area contributed by atoms with Crippen molar-refractivity contribution in [1.82, 2.24) is 9.97 Å². The molecular weight excluding hydrogens is 256 g/mol. The Bertz CT molecular complexity index is 546. The van der Waals surface area contributed by atoms with Crippen LogP contribution >= 0.6 is 0 Å². The molecule has 1 aromatic heterocycles. The lowest BCUT2D eigenvalue weighted by molar-refractivity contribution is 0.134. The summed E-state index contributed by atoms with van der Waals surface area (Å²) in [5.74, 6) is 0.601. The van der Waals surface area contributed by atoms with Crippen molar-refractivity contribution in [3.05, 3.63) is 29.6 Å². The van der Waals surface area contributed by atoms with Crippen LogP contribution in [0.25, 0.3) is 11.0 Å². The Morgan fingerprint density at radius 3 is 2.79 bits per heavy atom. The van der Waals surface area contributed by atoms with Crippen molar-refractivity contribution in [2.75, 3.05) is 6.61 Å². The van der Waals surface area contributed by atoms with Crippen molar-refractivity contribution in [3.63, 3.8) is 0 Å². The van der Waals surface area contributed by atoms with Crippen molar-refractivity contribution in [2.45, 2.75) is 38.9 Å². The molecule has 19 heavy (non-hydrogen) atoms. The summed E-state index contributed by atoms with van der Waals surface area (Å²) in [6, 6.07) is 7.15. The van der Waals surface area contributed by atoms with E-state index >= 15 is 0 Å². The molecule has 0 spiro atoms. The quantitative estimate of drug-likeness (QED) is 0.631. The van der Waals surface area contributed by atoms with Crippen LogP contribution in [0.2, 0.25) is 25.7 Å². The molecule has 0 aliphatic carbocycles. The minimum atomic E-state index is -1.03. The molecule has 2 aromatic rings. The summed E-state index contributed by atoms with van der Waals surface area (Å²) in [4.78, 5) is 7.47. The molecule has 5 heteroatoms. The molecule has 0 saturated heterocycles. The number of fused-ring (bicyclic) bond motifs is 1. The molecular formula is C14H22N2O2Si. The van der Waals surface area contributed by atoms with Crippen LogP contribution in [0, 0.1) is 0 Å². The van der Waals surface area contributed by atoms with E-state index in [9.17, 15) is 0 Å². The summed E-state index contributed by atoms with van der Waals surface area (Å²) in [5, 5.41) is 9.11. The Labute approximate surface area is 114 Å². The summed E-state index contributed by atoms with van der Waals surface area (Å²) >= 11 is 0. The van der Waals surface area contributed by atoms with Gasteiger partial charge in [-0.1, -0.05) is 31.8 Å². The number of aromatic nitrogens is 2. The molecule has 0 unspecified atom stereocenters. The lowest BCUT2D eigenvalue weighted by atomic mass is 10.2. The maximum Gasteiger partial charge on any atom is 0.133 e. The Morgan fingerprint density at radius 1 is 1.32 bits per heavy atom. The number of ether oxygens (including phenoxy) is 1. The minimum Gasteiger partial charge on any atom is -0.388 e. The van der Waals surface area contributed by atoms with E-state index in [0.717, 1.165) is 23.2 Å². The Kier molecular flexibility index (Phi) is 4.39. The molecule has 104 valence electrons. The van der Waals surface area contributed by atoms with Crippen LogP contribution in [0.3, 0.4) is 0 Å². The van der Waals surface area contributed by atoms with Crippen LogP contribution < -0.4 is 0 Å². The molecule has 2 rings (SSSR count). The van der Waals surface area contributed by atoms with Crippen molar-refractivity contribution in [3.8, 4) is 0 Å². The zero-order valence-electron chi connectivity index (χ0n) is 11.9. The first-order chi connectivity index (χ1) is 8.99. The van der Waals surface area contributed by atoms with Crippen LogP contribution in [0.4, 0.5) is 0 Å². The number of benzene rings is 1. The number of aliphatic hydroxyl groups excluding tert-OH is 1. The van der Waals surface area contributed by atoms with E-state index in [-0.39, 0.29) is 6.61 Å². The second-order valence-corrected chi connectivity index (χ2v) is 11.6. The molecule has 0 bridgehead atoms. The van der Waals surface area contributed by atoms with Crippen LogP contribution in [0.15, 0.2) is 18.2 Å². The van der Waals surface area contributed by atoms with Gasteiger partial charge in [-0.2, -0.15) is 0 Å². The van der Waals surface area contributed by atoms with E-state index in [1.54, 1.807) is 0 Å². The fourth-order valence-corrected chi connectivity index (χ4v) is 2.65. The van der Waals surface area contributed by atoms with Gasteiger partial charge < -0.3 is 14.8 Å². The molecule has 0 saturated carbocycles. The zero-order valence-corrected chi connectivity index (χ0v) is 12.9. The number of H-pyrrole nitrogens is 1. The second kappa shape index (κ2) is 5.86. The highest BCUT2D eigenvalue weighted by Gasteiger charge is 2.12. The van der Waals surface area contributed by atoms with E-state index in [2.05, 4.69) is 29.6 Å². The van der Waals surface area contributed by atoms with Gasteiger partial charge in [-0.3, -0.25) is 0 Å². The number of imidazole rings is 1. The van der Waals surface area contributed by atoms with Gasteiger partial charge in [-0.05, 0) is 12.1 Å². The molecule has 2 N–H and O–H groups in total. The van der Waals surface area contributed by atoms with Gasteiger partial charge in [0.2, 0.25) is 0 Å². The third kappa shape index (κ3) is 3.89. The van der Waals surface area contributed by atoms with Gasteiger partial charge in [0.05, 0.1) is 17.6 Å². The van der Waals surface area contributed by atoms with Crippen molar-refractivity contribution >= 4 is 19.1 Å². The topological polar surface area (TPSA) is 58.1 Å². The molecule has 0 amide bonds. The maximum atomic E-state index is 9.11.